The van der Waals surface area contributed by atoms with Gasteiger partial charge in [0.15, 0.2) is 0 Å². The number of nitrogens with two attached hydrogens (primary N) is 1. The lowest BCUT2D eigenvalue weighted by atomic mass is 10.2. The van der Waals surface area contributed by atoms with Gasteiger partial charge >= 0.3 is 0 Å². The molecule has 0 aliphatic heterocycles. The third kappa shape index (κ3) is 2.06. The molecule has 2 aromatic rings. The number of methoxy groups -OCH3 is 2. The molecule has 1 heterocycles. The van der Waals surface area contributed by atoms with Crippen molar-refractivity contribution in [1.82, 2.24) is 9.36 Å². The van der Waals surface area contributed by atoms with Gasteiger partial charge in [-0.2, -0.15) is 9.36 Å². The average Bonchev–Trinajstić information content (AvgIpc) is 2.75. The standard InChI is InChI=1S/C10H11N3O2S/c1-14-7-3-6(4-8(5-7)15-2)9-12-10(11)13-16-9/h3-5H,1-2H3,(H2,11,13). The van der Waals surface area contributed by atoms with Gasteiger partial charge in [-0.3, -0.25) is 0 Å². The topological polar surface area (TPSA) is 70.3 Å². The Morgan fingerprint density at radius 3 is 2.19 bits per heavy atom. The van der Waals surface area contributed by atoms with E-state index in [1.54, 1.807) is 20.3 Å². The van der Waals surface area contributed by atoms with Crippen LogP contribution in [0.5, 0.6) is 11.5 Å². The Kier molecular flexibility index (Phi) is 2.91. The van der Waals surface area contributed by atoms with E-state index in [4.69, 9.17) is 15.2 Å². The van der Waals surface area contributed by atoms with Crippen LogP contribution in [0.15, 0.2) is 18.2 Å². The number of anilines is 1. The van der Waals surface area contributed by atoms with Crippen molar-refractivity contribution in [3.63, 3.8) is 0 Å². The normalized spacial score (nSPS) is 10.1. The Morgan fingerprint density at radius 1 is 1.12 bits per heavy atom. The van der Waals surface area contributed by atoms with Crippen molar-refractivity contribution < 1.29 is 9.47 Å². The molecular formula is C10H11N3O2S. The van der Waals surface area contributed by atoms with Crippen molar-refractivity contribution in [3.05, 3.63) is 18.2 Å². The van der Waals surface area contributed by atoms with Gasteiger partial charge in [-0.05, 0) is 23.7 Å². The second-order valence-corrected chi connectivity index (χ2v) is 3.81. The summed E-state index contributed by atoms with van der Waals surface area (Å²) in [5.41, 5.74) is 6.36. The fourth-order valence-electron chi connectivity index (χ4n) is 1.28. The fourth-order valence-corrected chi connectivity index (χ4v) is 1.86. The quantitative estimate of drug-likeness (QED) is 0.881. The van der Waals surface area contributed by atoms with Crippen LogP contribution in [0.4, 0.5) is 5.95 Å². The maximum Gasteiger partial charge on any atom is 0.232 e. The first-order chi connectivity index (χ1) is 7.72. The van der Waals surface area contributed by atoms with Crippen LogP contribution in [-0.2, 0) is 0 Å². The van der Waals surface area contributed by atoms with Crippen molar-refractivity contribution >= 4 is 17.5 Å². The lowest BCUT2D eigenvalue weighted by Crippen LogP contribution is -1.89. The Morgan fingerprint density at radius 2 is 1.75 bits per heavy atom. The van der Waals surface area contributed by atoms with E-state index in [1.165, 1.54) is 11.5 Å². The first kappa shape index (κ1) is 10.7. The van der Waals surface area contributed by atoms with Crippen LogP contribution in [0.2, 0.25) is 0 Å². The second kappa shape index (κ2) is 4.36. The summed E-state index contributed by atoms with van der Waals surface area (Å²) in [5.74, 6) is 1.70. The number of benzene rings is 1. The molecular weight excluding hydrogens is 226 g/mol. The Bertz CT molecular complexity index is 476. The van der Waals surface area contributed by atoms with Crippen LogP contribution in [-0.4, -0.2) is 23.6 Å². The molecule has 84 valence electrons. The van der Waals surface area contributed by atoms with Crippen LogP contribution < -0.4 is 15.2 Å². The molecule has 0 unspecified atom stereocenters. The lowest BCUT2D eigenvalue weighted by molar-refractivity contribution is 0.394. The number of hydrogen-bond donors (Lipinski definition) is 1. The molecule has 0 radical (unpaired) electrons. The third-order valence-electron chi connectivity index (χ3n) is 2.04. The molecule has 0 aliphatic rings. The SMILES string of the molecule is COc1cc(OC)cc(-c2nc(N)ns2)c1. The number of nitrogen functional groups attached to an aromatic ring is 1. The molecule has 0 fully saturated rings. The second-order valence-electron chi connectivity index (χ2n) is 3.06. The van der Waals surface area contributed by atoms with E-state index in [0.29, 0.717) is 11.5 Å². The predicted octanol–water partition coefficient (Wildman–Crippen LogP) is 1.80. The Labute approximate surface area is 97.0 Å². The van der Waals surface area contributed by atoms with E-state index in [1.807, 2.05) is 12.1 Å². The molecule has 1 aromatic carbocycles. The highest BCUT2D eigenvalue weighted by atomic mass is 32.1. The van der Waals surface area contributed by atoms with Gasteiger partial charge in [0.25, 0.3) is 0 Å². The summed E-state index contributed by atoms with van der Waals surface area (Å²) in [5, 5.41) is 0.745. The maximum absolute atomic E-state index is 5.48. The maximum atomic E-state index is 5.48. The van der Waals surface area contributed by atoms with Crippen molar-refractivity contribution in [2.75, 3.05) is 20.0 Å². The Hall–Kier alpha value is -1.82. The van der Waals surface area contributed by atoms with Crippen LogP contribution in [0, 0.1) is 0 Å². The van der Waals surface area contributed by atoms with Gasteiger partial charge in [0, 0.05) is 11.6 Å². The number of hydrogen-bond acceptors (Lipinski definition) is 6. The molecule has 0 aliphatic carbocycles. The molecule has 0 amide bonds. The molecule has 5 nitrogen and oxygen atoms in total. The first-order valence-corrected chi connectivity index (χ1v) is 5.33. The number of nitrogens with zero attached hydrogens (tertiary/aromatic N) is 2. The zero-order chi connectivity index (χ0) is 11.5. The molecule has 6 heteroatoms. The van der Waals surface area contributed by atoms with Gasteiger partial charge in [-0.1, -0.05) is 0 Å². The predicted molar refractivity (Wildman–Crippen MR) is 62.9 cm³/mol. The molecule has 0 saturated carbocycles. The van der Waals surface area contributed by atoms with E-state index in [-0.39, 0.29) is 5.95 Å². The number of rotatable bonds is 3. The van der Waals surface area contributed by atoms with E-state index >= 15 is 0 Å². The monoisotopic (exact) mass is 237 g/mol. The van der Waals surface area contributed by atoms with Crippen molar-refractivity contribution in [1.29, 1.82) is 0 Å². The van der Waals surface area contributed by atoms with Gasteiger partial charge in [-0.15, -0.1) is 0 Å². The van der Waals surface area contributed by atoms with Gasteiger partial charge < -0.3 is 15.2 Å². The average molecular weight is 237 g/mol. The van der Waals surface area contributed by atoms with E-state index in [2.05, 4.69) is 9.36 Å². The minimum absolute atomic E-state index is 0.279. The van der Waals surface area contributed by atoms with Crippen LogP contribution in [0.3, 0.4) is 0 Å². The highest BCUT2D eigenvalue weighted by Gasteiger charge is 2.08. The van der Waals surface area contributed by atoms with Gasteiger partial charge in [0.1, 0.15) is 16.5 Å². The highest BCUT2D eigenvalue weighted by Crippen LogP contribution is 2.30. The summed E-state index contributed by atoms with van der Waals surface area (Å²) in [6.07, 6.45) is 0. The summed E-state index contributed by atoms with van der Waals surface area (Å²) in [6, 6.07) is 5.53. The van der Waals surface area contributed by atoms with Crippen LogP contribution in [0.25, 0.3) is 10.6 Å². The minimum atomic E-state index is 0.279. The van der Waals surface area contributed by atoms with E-state index in [9.17, 15) is 0 Å². The largest absolute Gasteiger partial charge is 0.497 e. The van der Waals surface area contributed by atoms with Crippen molar-refractivity contribution in [3.8, 4) is 22.1 Å². The lowest BCUT2D eigenvalue weighted by Gasteiger charge is -2.06. The first-order valence-electron chi connectivity index (χ1n) is 4.55. The van der Waals surface area contributed by atoms with Crippen molar-refractivity contribution in [2.24, 2.45) is 0 Å². The van der Waals surface area contributed by atoms with Crippen molar-refractivity contribution in [2.45, 2.75) is 0 Å². The smallest absolute Gasteiger partial charge is 0.232 e. The molecule has 0 bridgehead atoms. The van der Waals surface area contributed by atoms with Gasteiger partial charge in [0.05, 0.1) is 14.2 Å². The molecule has 16 heavy (non-hydrogen) atoms. The minimum Gasteiger partial charge on any atom is -0.497 e. The van der Waals surface area contributed by atoms with E-state index < -0.39 is 0 Å². The fraction of sp³-hybridized carbons (Fsp3) is 0.200. The summed E-state index contributed by atoms with van der Waals surface area (Å²) in [6.45, 7) is 0. The zero-order valence-corrected chi connectivity index (χ0v) is 9.75. The van der Waals surface area contributed by atoms with Crippen LogP contribution in [0.1, 0.15) is 0 Å². The van der Waals surface area contributed by atoms with Gasteiger partial charge in [-0.25, -0.2) is 0 Å². The van der Waals surface area contributed by atoms with E-state index in [0.717, 1.165) is 10.6 Å². The molecule has 0 spiro atoms. The summed E-state index contributed by atoms with van der Waals surface area (Å²) in [4.78, 5) is 4.11. The number of ether oxygens (including phenoxy) is 2. The van der Waals surface area contributed by atoms with Gasteiger partial charge in [0.2, 0.25) is 5.95 Å². The summed E-state index contributed by atoms with van der Waals surface area (Å²) in [7, 11) is 3.21. The Balaban J connectivity index is 2.47. The third-order valence-corrected chi connectivity index (χ3v) is 2.82. The number of aromatic nitrogens is 2. The molecule has 0 saturated heterocycles. The van der Waals surface area contributed by atoms with Crippen LogP contribution >= 0.6 is 11.5 Å². The highest BCUT2D eigenvalue weighted by molar-refractivity contribution is 7.09. The molecule has 2 N–H and O–H groups in total. The molecule has 0 atom stereocenters. The molecule has 1 aromatic heterocycles. The summed E-state index contributed by atoms with van der Waals surface area (Å²) < 4.78 is 14.3. The summed E-state index contributed by atoms with van der Waals surface area (Å²) >= 11 is 1.24. The molecule has 2 rings (SSSR count). The zero-order valence-electron chi connectivity index (χ0n) is 8.93.